The van der Waals surface area contributed by atoms with Crippen molar-refractivity contribution in [1.29, 1.82) is 0 Å². The van der Waals surface area contributed by atoms with Gasteiger partial charge in [-0.3, -0.25) is 10.1 Å². The molecule has 0 radical (unpaired) electrons. The van der Waals surface area contributed by atoms with Crippen LogP contribution >= 0.6 is 11.8 Å². The summed E-state index contributed by atoms with van der Waals surface area (Å²) in [6.45, 7) is 1.84. The summed E-state index contributed by atoms with van der Waals surface area (Å²) in [7, 11) is 0. The average molecular weight is 327 g/mol. The summed E-state index contributed by atoms with van der Waals surface area (Å²) < 4.78 is 0. The van der Waals surface area contributed by atoms with Gasteiger partial charge in [0, 0.05) is 23.9 Å². The molecule has 0 aliphatic carbocycles. The van der Waals surface area contributed by atoms with Crippen molar-refractivity contribution in [3.05, 3.63) is 69.8 Å². The first-order valence-corrected chi connectivity index (χ1v) is 8.37. The summed E-state index contributed by atoms with van der Waals surface area (Å²) in [5.74, 6) is 0.972. The Hall–Kier alpha value is -2.34. The minimum atomic E-state index is -0.387. The van der Waals surface area contributed by atoms with E-state index in [-0.39, 0.29) is 10.6 Å². The van der Waals surface area contributed by atoms with Gasteiger partial charge in [-0.15, -0.1) is 0 Å². The lowest BCUT2D eigenvalue weighted by Gasteiger charge is -2.09. The molecule has 1 aliphatic heterocycles. The maximum absolute atomic E-state index is 10.8. The highest BCUT2D eigenvalue weighted by Crippen LogP contribution is 2.26. The van der Waals surface area contributed by atoms with Crippen LogP contribution in [0.25, 0.3) is 0 Å². The first-order valence-electron chi connectivity index (χ1n) is 7.39. The summed E-state index contributed by atoms with van der Waals surface area (Å²) in [5, 5.41) is 15.1. The number of aryl methyl sites for hydroxylation is 1. The Bertz CT molecular complexity index is 747. The molecule has 1 fully saturated rings. The van der Waals surface area contributed by atoms with Gasteiger partial charge in [0.1, 0.15) is 0 Å². The standard InChI is InChI=1S/C17H17N3O2S/c1-12-9-15(20(21)22)7-8-16(12)19-17-18-14(11-23-17)10-13-5-3-2-4-6-13/h2-9,14H,10-11H2,1H3,(H,18,19). The zero-order valence-electron chi connectivity index (χ0n) is 12.7. The van der Waals surface area contributed by atoms with E-state index in [0.717, 1.165) is 28.6 Å². The number of nitro benzene ring substituents is 1. The summed E-state index contributed by atoms with van der Waals surface area (Å²) in [4.78, 5) is 15.0. The fraction of sp³-hybridized carbons (Fsp3) is 0.235. The maximum Gasteiger partial charge on any atom is 0.269 e. The average Bonchev–Trinajstić information content (AvgIpc) is 2.97. The van der Waals surface area contributed by atoms with Gasteiger partial charge in [0.25, 0.3) is 5.69 Å². The van der Waals surface area contributed by atoms with E-state index in [0.29, 0.717) is 6.04 Å². The molecule has 1 heterocycles. The van der Waals surface area contributed by atoms with Crippen LogP contribution in [0.2, 0.25) is 0 Å². The van der Waals surface area contributed by atoms with Gasteiger partial charge in [0.05, 0.1) is 10.6 Å². The van der Waals surface area contributed by atoms with Crippen LogP contribution < -0.4 is 5.32 Å². The van der Waals surface area contributed by atoms with Gasteiger partial charge in [0.15, 0.2) is 5.17 Å². The second-order valence-corrected chi connectivity index (χ2v) is 6.50. The van der Waals surface area contributed by atoms with Crippen LogP contribution in [0.4, 0.5) is 11.4 Å². The van der Waals surface area contributed by atoms with Crippen molar-refractivity contribution < 1.29 is 4.92 Å². The number of amidine groups is 1. The number of nitro groups is 1. The van der Waals surface area contributed by atoms with Crippen molar-refractivity contribution in [2.45, 2.75) is 19.4 Å². The summed E-state index contributed by atoms with van der Waals surface area (Å²) >= 11 is 1.69. The predicted molar refractivity (Wildman–Crippen MR) is 94.5 cm³/mol. The molecule has 0 spiro atoms. The minimum Gasteiger partial charge on any atom is -0.361 e. The van der Waals surface area contributed by atoms with E-state index in [1.54, 1.807) is 23.9 Å². The Balaban J connectivity index is 1.69. The summed E-state index contributed by atoms with van der Waals surface area (Å²) in [6, 6.07) is 15.5. The Morgan fingerprint density at radius 2 is 2.09 bits per heavy atom. The molecule has 118 valence electrons. The lowest BCUT2D eigenvalue weighted by Crippen LogP contribution is -2.28. The topological polar surface area (TPSA) is 67.5 Å². The third-order valence-electron chi connectivity index (χ3n) is 3.69. The third kappa shape index (κ3) is 3.90. The molecule has 3 rings (SSSR count). The molecule has 0 aromatic heterocycles. The minimum absolute atomic E-state index is 0.0976. The van der Waals surface area contributed by atoms with Crippen molar-refractivity contribution in [3.8, 4) is 0 Å². The fourth-order valence-corrected chi connectivity index (χ4v) is 3.47. The van der Waals surface area contributed by atoms with Crippen molar-refractivity contribution in [2.75, 3.05) is 5.75 Å². The first-order chi connectivity index (χ1) is 11.1. The molecule has 5 nitrogen and oxygen atoms in total. The molecule has 1 saturated heterocycles. The van der Waals surface area contributed by atoms with E-state index in [4.69, 9.17) is 0 Å². The van der Waals surface area contributed by atoms with Gasteiger partial charge < -0.3 is 5.32 Å². The van der Waals surface area contributed by atoms with Crippen molar-refractivity contribution in [3.63, 3.8) is 0 Å². The highest BCUT2D eigenvalue weighted by Gasteiger charge is 2.21. The van der Waals surface area contributed by atoms with Crippen molar-refractivity contribution in [1.82, 2.24) is 5.32 Å². The Kier molecular flexibility index (Phi) is 4.62. The van der Waals surface area contributed by atoms with E-state index in [1.807, 2.05) is 25.1 Å². The molecule has 1 atom stereocenters. The number of benzene rings is 2. The zero-order valence-corrected chi connectivity index (χ0v) is 13.5. The second-order valence-electron chi connectivity index (χ2n) is 5.49. The number of nitrogens with one attached hydrogen (secondary N) is 1. The SMILES string of the molecule is Cc1cc([N+](=O)[O-])ccc1/N=C1/NC(Cc2ccccc2)CS1. The van der Waals surface area contributed by atoms with Gasteiger partial charge in [-0.25, -0.2) is 4.99 Å². The van der Waals surface area contributed by atoms with E-state index in [1.165, 1.54) is 11.6 Å². The van der Waals surface area contributed by atoms with Gasteiger partial charge >= 0.3 is 0 Å². The van der Waals surface area contributed by atoms with Crippen molar-refractivity contribution >= 4 is 28.3 Å². The smallest absolute Gasteiger partial charge is 0.269 e. The van der Waals surface area contributed by atoms with Gasteiger partial charge in [0.2, 0.25) is 0 Å². The molecule has 0 saturated carbocycles. The molecule has 2 aromatic rings. The van der Waals surface area contributed by atoms with E-state index in [9.17, 15) is 10.1 Å². The lowest BCUT2D eigenvalue weighted by molar-refractivity contribution is -0.384. The number of hydrogen-bond acceptors (Lipinski definition) is 4. The monoisotopic (exact) mass is 327 g/mol. The third-order valence-corrected chi connectivity index (χ3v) is 4.74. The molecule has 1 N–H and O–H groups in total. The van der Waals surface area contributed by atoms with Crippen LogP contribution in [-0.4, -0.2) is 21.9 Å². The highest BCUT2D eigenvalue weighted by atomic mass is 32.2. The zero-order chi connectivity index (χ0) is 16.2. The molecule has 1 aliphatic rings. The molecule has 0 bridgehead atoms. The first kappa shape index (κ1) is 15.6. The Morgan fingerprint density at radius 1 is 1.30 bits per heavy atom. The van der Waals surface area contributed by atoms with Gasteiger partial charge in [-0.1, -0.05) is 42.1 Å². The Morgan fingerprint density at radius 3 is 2.78 bits per heavy atom. The number of hydrogen-bond donors (Lipinski definition) is 1. The van der Waals surface area contributed by atoms with Gasteiger partial charge in [-0.05, 0) is 30.5 Å². The summed E-state index contributed by atoms with van der Waals surface area (Å²) in [6.07, 6.45) is 0.964. The quantitative estimate of drug-likeness (QED) is 0.684. The van der Waals surface area contributed by atoms with Crippen LogP contribution in [0, 0.1) is 17.0 Å². The number of thioether (sulfide) groups is 1. The molecular formula is C17H17N3O2S. The number of rotatable bonds is 4. The predicted octanol–water partition coefficient (Wildman–Crippen LogP) is 3.84. The van der Waals surface area contributed by atoms with Crippen LogP contribution in [0.5, 0.6) is 0 Å². The van der Waals surface area contributed by atoms with E-state index >= 15 is 0 Å². The normalized spacial score (nSPS) is 18.8. The molecular weight excluding hydrogens is 310 g/mol. The Labute approximate surface area is 139 Å². The maximum atomic E-state index is 10.8. The molecule has 2 aromatic carbocycles. The fourth-order valence-electron chi connectivity index (χ4n) is 2.50. The van der Waals surface area contributed by atoms with Gasteiger partial charge in [-0.2, -0.15) is 0 Å². The number of nitrogens with zero attached hydrogens (tertiary/aromatic N) is 2. The van der Waals surface area contributed by atoms with Crippen LogP contribution in [0.3, 0.4) is 0 Å². The van der Waals surface area contributed by atoms with Crippen molar-refractivity contribution in [2.24, 2.45) is 4.99 Å². The molecule has 1 unspecified atom stereocenters. The molecule has 23 heavy (non-hydrogen) atoms. The number of non-ortho nitro benzene ring substituents is 1. The largest absolute Gasteiger partial charge is 0.361 e. The van der Waals surface area contributed by atoms with Crippen LogP contribution in [-0.2, 0) is 6.42 Å². The number of aliphatic imine (C=N–C) groups is 1. The van der Waals surface area contributed by atoms with Crippen LogP contribution in [0.15, 0.2) is 53.5 Å². The second kappa shape index (κ2) is 6.83. The van der Waals surface area contributed by atoms with E-state index in [2.05, 4.69) is 22.4 Å². The molecule has 6 heteroatoms. The van der Waals surface area contributed by atoms with E-state index < -0.39 is 0 Å². The van der Waals surface area contributed by atoms with Crippen LogP contribution in [0.1, 0.15) is 11.1 Å². The molecule has 0 amide bonds. The lowest BCUT2D eigenvalue weighted by atomic mass is 10.1. The summed E-state index contributed by atoms with van der Waals surface area (Å²) in [5.41, 5.74) is 2.98. The highest BCUT2D eigenvalue weighted by molar-refractivity contribution is 8.14.